The molecule has 4 rings (SSSR count). The number of nitrogens with zero attached hydrogens (tertiary/aromatic N) is 4. The Morgan fingerprint density at radius 1 is 1.07 bits per heavy atom. The molecule has 7 nitrogen and oxygen atoms in total. The largest absolute Gasteiger partial charge is 0.505 e. The van der Waals surface area contributed by atoms with Gasteiger partial charge in [0, 0.05) is 25.5 Å². The number of amides is 2. The van der Waals surface area contributed by atoms with Crippen LogP contribution in [0.4, 0.5) is 0 Å². The molecule has 0 aromatic carbocycles. The van der Waals surface area contributed by atoms with Crippen LogP contribution in [-0.4, -0.2) is 55.3 Å². The Labute approximate surface area is 157 Å². The van der Waals surface area contributed by atoms with Crippen molar-refractivity contribution in [2.24, 2.45) is 0 Å². The second kappa shape index (κ2) is 6.98. The number of rotatable bonds is 3. The highest BCUT2D eigenvalue weighted by molar-refractivity contribution is 6.00. The van der Waals surface area contributed by atoms with Crippen LogP contribution in [0.5, 0.6) is 5.75 Å². The maximum absolute atomic E-state index is 13.4. The lowest BCUT2D eigenvalue weighted by atomic mass is 9.85. The Morgan fingerprint density at radius 3 is 2.59 bits per heavy atom. The molecule has 1 unspecified atom stereocenters. The van der Waals surface area contributed by atoms with Gasteiger partial charge in [0.05, 0.1) is 12.2 Å². The van der Waals surface area contributed by atoms with Gasteiger partial charge in [0.25, 0.3) is 5.91 Å². The van der Waals surface area contributed by atoms with E-state index in [-0.39, 0.29) is 23.3 Å². The first-order valence-electron chi connectivity index (χ1n) is 9.27. The van der Waals surface area contributed by atoms with Crippen LogP contribution >= 0.6 is 0 Å². The van der Waals surface area contributed by atoms with Gasteiger partial charge in [-0.25, -0.2) is 4.98 Å². The van der Waals surface area contributed by atoms with Crippen molar-refractivity contribution in [2.45, 2.75) is 37.8 Å². The Kier molecular flexibility index (Phi) is 4.51. The summed E-state index contributed by atoms with van der Waals surface area (Å²) in [5.41, 5.74) is 0.00298. The summed E-state index contributed by atoms with van der Waals surface area (Å²) in [4.78, 5) is 38.3. The molecule has 2 fully saturated rings. The van der Waals surface area contributed by atoms with E-state index in [1.807, 2.05) is 18.2 Å². The lowest BCUT2D eigenvalue weighted by molar-refractivity contribution is -0.146. The number of piperidine rings is 1. The van der Waals surface area contributed by atoms with Gasteiger partial charge in [0.1, 0.15) is 11.3 Å². The Balaban J connectivity index is 1.61. The van der Waals surface area contributed by atoms with Gasteiger partial charge < -0.3 is 14.9 Å². The number of likely N-dealkylation sites (tertiary alicyclic amines) is 2. The monoisotopic (exact) mass is 366 g/mol. The minimum atomic E-state index is -0.839. The van der Waals surface area contributed by atoms with Gasteiger partial charge in [-0.05, 0) is 49.9 Å². The molecule has 1 spiro atoms. The Bertz CT molecular complexity index is 857. The molecule has 2 amide bonds. The summed E-state index contributed by atoms with van der Waals surface area (Å²) in [5.74, 6) is -0.558. The number of hydrogen-bond donors (Lipinski definition) is 1. The van der Waals surface area contributed by atoms with Crippen LogP contribution in [0, 0.1) is 0 Å². The summed E-state index contributed by atoms with van der Waals surface area (Å²) in [6.45, 7) is 1.60. The molecule has 0 aliphatic carbocycles. The molecule has 140 valence electrons. The standard InChI is InChI=1S/C20H22N4O3/c25-16-7-3-11-22-17(16)18(26)24-13-5-9-20(24)8-4-12-23(19(20)27)14-15-6-1-2-10-21-15/h1-3,6-7,10-11,25H,4-5,8-9,12-14H2. The first-order chi connectivity index (χ1) is 13.1. The molecule has 1 N–H and O–H groups in total. The number of carbonyl (C=O) groups excluding carboxylic acids is 2. The van der Waals surface area contributed by atoms with Gasteiger partial charge in [-0.2, -0.15) is 0 Å². The quantitative estimate of drug-likeness (QED) is 0.898. The fourth-order valence-corrected chi connectivity index (χ4v) is 4.25. The molecule has 2 aliphatic heterocycles. The predicted molar refractivity (Wildman–Crippen MR) is 97.8 cm³/mol. The molecule has 2 aromatic heterocycles. The molecule has 4 heterocycles. The van der Waals surface area contributed by atoms with Gasteiger partial charge in [0.2, 0.25) is 5.91 Å². The molecule has 7 heteroatoms. The summed E-state index contributed by atoms with van der Waals surface area (Å²) < 4.78 is 0. The van der Waals surface area contributed by atoms with Crippen molar-refractivity contribution in [3.05, 3.63) is 54.1 Å². The van der Waals surface area contributed by atoms with Crippen molar-refractivity contribution >= 4 is 11.8 Å². The van der Waals surface area contributed by atoms with E-state index in [1.165, 1.54) is 12.3 Å². The molecule has 0 bridgehead atoms. The number of pyridine rings is 2. The highest BCUT2D eigenvalue weighted by Gasteiger charge is 2.53. The third-order valence-electron chi connectivity index (χ3n) is 5.51. The van der Waals surface area contributed by atoms with E-state index in [0.29, 0.717) is 32.5 Å². The van der Waals surface area contributed by atoms with E-state index in [0.717, 1.165) is 18.5 Å². The zero-order chi connectivity index (χ0) is 18.9. The normalized spacial score (nSPS) is 22.4. The predicted octanol–water partition coefficient (Wildman–Crippen LogP) is 1.98. The average Bonchev–Trinajstić information content (AvgIpc) is 3.11. The van der Waals surface area contributed by atoms with E-state index in [1.54, 1.807) is 22.1 Å². The molecule has 2 aliphatic rings. The summed E-state index contributed by atoms with van der Waals surface area (Å²) in [5, 5.41) is 10.0. The number of carbonyl (C=O) groups is 2. The van der Waals surface area contributed by atoms with Crippen molar-refractivity contribution in [3.8, 4) is 5.75 Å². The smallest absolute Gasteiger partial charge is 0.277 e. The minimum absolute atomic E-state index is 0.00780. The van der Waals surface area contributed by atoms with Crippen LogP contribution in [0.15, 0.2) is 42.7 Å². The summed E-state index contributed by atoms with van der Waals surface area (Å²) in [6, 6.07) is 8.67. The van der Waals surface area contributed by atoms with Crippen LogP contribution in [-0.2, 0) is 11.3 Å². The van der Waals surface area contributed by atoms with Crippen LogP contribution in [0.1, 0.15) is 41.9 Å². The van der Waals surface area contributed by atoms with E-state index < -0.39 is 5.54 Å². The third-order valence-corrected chi connectivity index (χ3v) is 5.51. The van der Waals surface area contributed by atoms with E-state index in [2.05, 4.69) is 9.97 Å². The van der Waals surface area contributed by atoms with Gasteiger partial charge in [0.15, 0.2) is 5.69 Å². The van der Waals surface area contributed by atoms with Gasteiger partial charge in [-0.3, -0.25) is 14.6 Å². The van der Waals surface area contributed by atoms with Gasteiger partial charge in [-0.1, -0.05) is 6.07 Å². The maximum Gasteiger partial charge on any atom is 0.277 e. The second-order valence-corrected chi connectivity index (χ2v) is 7.11. The average molecular weight is 366 g/mol. The molecule has 27 heavy (non-hydrogen) atoms. The van der Waals surface area contributed by atoms with Crippen molar-refractivity contribution < 1.29 is 14.7 Å². The van der Waals surface area contributed by atoms with Gasteiger partial charge in [-0.15, -0.1) is 0 Å². The molecular formula is C20H22N4O3. The lowest BCUT2D eigenvalue weighted by Gasteiger charge is -2.44. The number of aromatic nitrogens is 2. The Morgan fingerprint density at radius 2 is 1.85 bits per heavy atom. The molecule has 0 saturated carbocycles. The molecule has 0 radical (unpaired) electrons. The molecule has 1 atom stereocenters. The van der Waals surface area contributed by atoms with Crippen LogP contribution in [0.2, 0.25) is 0 Å². The minimum Gasteiger partial charge on any atom is -0.505 e. The van der Waals surface area contributed by atoms with Crippen molar-refractivity contribution in [1.29, 1.82) is 0 Å². The second-order valence-electron chi connectivity index (χ2n) is 7.11. The summed E-state index contributed by atoms with van der Waals surface area (Å²) >= 11 is 0. The van der Waals surface area contributed by atoms with Gasteiger partial charge >= 0.3 is 0 Å². The fraction of sp³-hybridized carbons (Fsp3) is 0.400. The van der Waals surface area contributed by atoms with Crippen molar-refractivity contribution in [1.82, 2.24) is 19.8 Å². The SMILES string of the molecule is O=C(c1ncccc1O)N1CCCC12CCCN(Cc1ccccn1)C2=O. The molecular weight excluding hydrogens is 344 g/mol. The van der Waals surface area contributed by atoms with E-state index >= 15 is 0 Å². The molecule has 2 aromatic rings. The van der Waals surface area contributed by atoms with E-state index in [9.17, 15) is 14.7 Å². The van der Waals surface area contributed by atoms with Crippen LogP contribution in [0.3, 0.4) is 0 Å². The lowest BCUT2D eigenvalue weighted by Crippen LogP contribution is -2.61. The Hall–Kier alpha value is -2.96. The number of aromatic hydroxyl groups is 1. The summed E-state index contributed by atoms with van der Waals surface area (Å²) in [6.07, 6.45) is 6.08. The first kappa shape index (κ1) is 17.5. The highest BCUT2D eigenvalue weighted by atomic mass is 16.3. The zero-order valence-electron chi connectivity index (χ0n) is 15.0. The highest BCUT2D eigenvalue weighted by Crippen LogP contribution is 2.39. The van der Waals surface area contributed by atoms with E-state index in [4.69, 9.17) is 0 Å². The third kappa shape index (κ3) is 3.03. The number of hydrogen-bond acceptors (Lipinski definition) is 5. The first-order valence-corrected chi connectivity index (χ1v) is 9.27. The van der Waals surface area contributed by atoms with Crippen LogP contribution < -0.4 is 0 Å². The van der Waals surface area contributed by atoms with Crippen molar-refractivity contribution in [2.75, 3.05) is 13.1 Å². The topological polar surface area (TPSA) is 86.6 Å². The van der Waals surface area contributed by atoms with Crippen LogP contribution in [0.25, 0.3) is 0 Å². The summed E-state index contributed by atoms with van der Waals surface area (Å²) in [7, 11) is 0. The van der Waals surface area contributed by atoms with Crippen molar-refractivity contribution in [3.63, 3.8) is 0 Å². The zero-order valence-corrected chi connectivity index (χ0v) is 15.0. The maximum atomic E-state index is 13.4. The fourth-order valence-electron chi connectivity index (χ4n) is 4.25. The molecule has 2 saturated heterocycles.